The summed E-state index contributed by atoms with van der Waals surface area (Å²) in [4.78, 5) is 4.83. The molecule has 7 heteroatoms. The minimum Gasteiger partial charge on any atom is -0.352 e. The molecule has 0 fully saturated rings. The number of halogens is 4. The van der Waals surface area contributed by atoms with Gasteiger partial charge in [-0.05, 0) is 41.0 Å². The molecule has 29 heavy (non-hydrogen) atoms. The summed E-state index contributed by atoms with van der Waals surface area (Å²) in [5, 5.41) is 8.05. The largest absolute Gasteiger partial charge is 0.352 e. The molecule has 1 aliphatic rings. The predicted molar refractivity (Wildman–Crippen MR) is 119 cm³/mol. The average molecular weight is 451 g/mol. The Labute approximate surface area is 185 Å². The Kier molecular flexibility index (Phi) is 7.01. The maximum atomic E-state index is 13.1. The van der Waals surface area contributed by atoms with Crippen molar-refractivity contribution >= 4 is 41.6 Å². The van der Waals surface area contributed by atoms with E-state index >= 15 is 0 Å². The molecule has 0 saturated heterocycles. The van der Waals surface area contributed by atoms with Gasteiger partial charge in [-0.1, -0.05) is 71.7 Å². The summed E-state index contributed by atoms with van der Waals surface area (Å²) in [7, 11) is 0. The van der Waals surface area contributed by atoms with Gasteiger partial charge in [-0.15, -0.1) is 12.4 Å². The van der Waals surface area contributed by atoms with Gasteiger partial charge < -0.3 is 10.6 Å². The molecule has 0 spiro atoms. The first-order valence-corrected chi connectivity index (χ1v) is 9.69. The highest BCUT2D eigenvalue weighted by Crippen LogP contribution is 2.40. The fraction of sp³-hybridized carbons (Fsp3) is 0.136. The van der Waals surface area contributed by atoms with Crippen molar-refractivity contribution in [1.82, 2.24) is 10.6 Å². The van der Waals surface area contributed by atoms with Crippen molar-refractivity contribution in [2.45, 2.75) is 18.6 Å². The fourth-order valence-electron chi connectivity index (χ4n) is 3.30. The average Bonchev–Trinajstić information content (AvgIpc) is 3.12. The zero-order valence-corrected chi connectivity index (χ0v) is 17.6. The Morgan fingerprint density at radius 2 is 1.45 bits per heavy atom. The predicted octanol–water partition coefficient (Wildman–Crippen LogP) is 6.09. The van der Waals surface area contributed by atoms with E-state index in [1.54, 1.807) is 12.1 Å². The summed E-state index contributed by atoms with van der Waals surface area (Å²) < 4.78 is 13.1. The van der Waals surface area contributed by atoms with Gasteiger partial charge in [-0.3, -0.25) is 0 Å². The molecule has 2 unspecified atom stereocenters. The normalized spacial score (nSPS) is 17.8. The second kappa shape index (κ2) is 9.49. The molecule has 0 aliphatic carbocycles. The van der Waals surface area contributed by atoms with Crippen molar-refractivity contribution in [3.63, 3.8) is 0 Å². The number of nitrogens with one attached hydrogen (secondary N) is 2. The van der Waals surface area contributed by atoms with Crippen LogP contribution >= 0.6 is 35.6 Å². The lowest BCUT2D eigenvalue weighted by atomic mass is 9.95. The molecular weight excluding hydrogens is 432 g/mol. The van der Waals surface area contributed by atoms with Crippen molar-refractivity contribution < 1.29 is 4.39 Å². The number of nitrogens with zero attached hydrogens (tertiary/aromatic N) is 1. The Balaban J connectivity index is 0.00000240. The van der Waals surface area contributed by atoms with E-state index in [1.807, 2.05) is 48.5 Å². The van der Waals surface area contributed by atoms with Gasteiger partial charge in [0.05, 0.1) is 6.04 Å². The molecule has 1 aliphatic heterocycles. The Morgan fingerprint density at radius 3 is 2.07 bits per heavy atom. The van der Waals surface area contributed by atoms with Gasteiger partial charge >= 0.3 is 0 Å². The molecule has 3 aromatic rings. The lowest BCUT2D eigenvalue weighted by Gasteiger charge is -2.21. The van der Waals surface area contributed by atoms with Crippen LogP contribution in [0.15, 0.2) is 77.8 Å². The number of guanidine groups is 1. The van der Waals surface area contributed by atoms with Crippen molar-refractivity contribution in [2.24, 2.45) is 4.99 Å². The summed E-state index contributed by atoms with van der Waals surface area (Å²) in [6.07, 6.45) is 0. The number of hydrogen-bond donors (Lipinski definition) is 2. The molecule has 0 saturated carbocycles. The van der Waals surface area contributed by atoms with Crippen LogP contribution in [0, 0.1) is 5.82 Å². The topological polar surface area (TPSA) is 36.4 Å². The smallest absolute Gasteiger partial charge is 0.192 e. The van der Waals surface area contributed by atoms with Crippen LogP contribution in [0.3, 0.4) is 0 Å². The first-order chi connectivity index (χ1) is 13.6. The Morgan fingerprint density at radius 1 is 0.862 bits per heavy atom. The molecule has 2 N–H and O–H groups in total. The maximum absolute atomic E-state index is 13.1. The van der Waals surface area contributed by atoms with E-state index in [0.29, 0.717) is 22.5 Å². The summed E-state index contributed by atoms with van der Waals surface area (Å²) >= 11 is 12.9. The van der Waals surface area contributed by atoms with Crippen LogP contribution < -0.4 is 10.6 Å². The molecule has 3 nitrogen and oxygen atoms in total. The van der Waals surface area contributed by atoms with Crippen molar-refractivity contribution in [3.8, 4) is 0 Å². The van der Waals surface area contributed by atoms with Crippen LogP contribution in [0.1, 0.15) is 28.8 Å². The summed E-state index contributed by atoms with van der Waals surface area (Å²) in [5.41, 5.74) is 2.85. The van der Waals surface area contributed by atoms with E-state index in [2.05, 4.69) is 10.6 Å². The Bertz CT molecular complexity index is 1010. The minimum absolute atomic E-state index is 0. The highest BCUT2D eigenvalue weighted by Gasteiger charge is 2.33. The highest BCUT2D eigenvalue weighted by atomic mass is 35.5. The first kappa shape index (κ1) is 21.4. The van der Waals surface area contributed by atoms with Gasteiger partial charge in [0, 0.05) is 16.6 Å². The minimum atomic E-state index is -0.252. The second-order valence-electron chi connectivity index (χ2n) is 6.57. The second-order valence-corrected chi connectivity index (χ2v) is 7.38. The van der Waals surface area contributed by atoms with Crippen LogP contribution in [-0.4, -0.2) is 5.96 Å². The molecular formula is C22H19Cl3FN3. The molecule has 0 amide bonds. The maximum Gasteiger partial charge on any atom is 0.192 e. The van der Waals surface area contributed by atoms with E-state index in [4.69, 9.17) is 28.2 Å². The molecule has 0 bridgehead atoms. The van der Waals surface area contributed by atoms with E-state index < -0.39 is 0 Å². The third-order valence-electron chi connectivity index (χ3n) is 4.71. The van der Waals surface area contributed by atoms with Crippen molar-refractivity contribution in [2.75, 3.05) is 0 Å². The molecule has 0 aromatic heterocycles. The fourth-order valence-corrected chi connectivity index (χ4v) is 3.80. The van der Waals surface area contributed by atoms with Gasteiger partial charge in [-0.2, -0.15) is 0 Å². The van der Waals surface area contributed by atoms with E-state index in [0.717, 1.165) is 16.7 Å². The van der Waals surface area contributed by atoms with Gasteiger partial charge in [-0.25, -0.2) is 9.38 Å². The molecule has 4 rings (SSSR count). The summed E-state index contributed by atoms with van der Waals surface area (Å²) in [6.45, 7) is 0.524. The summed E-state index contributed by atoms with van der Waals surface area (Å²) in [5.74, 6) is 0.400. The van der Waals surface area contributed by atoms with Crippen LogP contribution in [0.25, 0.3) is 0 Å². The van der Waals surface area contributed by atoms with Crippen LogP contribution in [0.2, 0.25) is 10.0 Å². The molecule has 150 valence electrons. The van der Waals surface area contributed by atoms with Gasteiger partial charge in [0.25, 0.3) is 0 Å². The van der Waals surface area contributed by atoms with Gasteiger partial charge in [0.2, 0.25) is 0 Å². The van der Waals surface area contributed by atoms with Gasteiger partial charge in [0.15, 0.2) is 5.96 Å². The Hall–Kier alpha value is -2.27. The molecule has 0 radical (unpaired) electrons. The number of hydrogen-bond acceptors (Lipinski definition) is 3. The van der Waals surface area contributed by atoms with E-state index in [-0.39, 0.29) is 30.3 Å². The first-order valence-electron chi connectivity index (χ1n) is 8.93. The van der Waals surface area contributed by atoms with E-state index in [1.165, 1.54) is 12.1 Å². The quantitative estimate of drug-likeness (QED) is 0.505. The number of rotatable bonds is 4. The monoisotopic (exact) mass is 449 g/mol. The number of benzene rings is 3. The van der Waals surface area contributed by atoms with Crippen molar-refractivity contribution in [1.29, 1.82) is 0 Å². The standard InChI is InChI=1S/C22H18Cl2FN3.ClH/c23-18-7-3-1-5-16(18)20-21(17-6-2-4-8-19(17)24)28-22(27-20)26-13-14-9-11-15(25)12-10-14;/h1-12,20-21H,13H2,(H2,26,27,28);1H. The lowest BCUT2D eigenvalue weighted by molar-refractivity contribution is 0.570. The summed E-state index contributed by atoms with van der Waals surface area (Å²) in [6, 6.07) is 21.4. The SMILES string of the molecule is Cl.Fc1ccc(CNC2=NC(c3ccccc3Cl)C(c3ccccc3Cl)N2)cc1. The van der Waals surface area contributed by atoms with E-state index in [9.17, 15) is 4.39 Å². The van der Waals surface area contributed by atoms with Crippen molar-refractivity contribution in [3.05, 3.63) is 105 Å². The van der Waals surface area contributed by atoms with Crippen LogP contribution in [-0.2, 0) is 6.54 Å². The highest BCUT2D eigenvalue weighted by molar-refractivity contribution is 6.32. The molecule has 3 aromatic carbocycles. The third kappa shape index (κ3) is 4.84. The zero-order valence-electron chi connectivity index (χ0n) is 15.3. The van der Waals surface area contributed by atoms with Crippen LogP contribution in [0.5, 0.6) is 0 Å². The van der Waals surface area contributed by atoms with Crippen LogP contribution in [0.4, 0.5) is 4.39 Å². The molecule has 2 atom stereocenters. The third-order valence-corrected chi connectivity index (χ3v) is 5.40. The lowest BCUT2D eigenvalue weighted by Crippen LogP contribution is -2.35. The molecule has 1 heterocycles. The van der Waals surface area contributed by atoms with Gasteiger partial charge in [0.1, 0.15) is 11.9 Å². The number of aliphatic imine (C=N–C) groups is 1. The zero-order chi connectivity index (χ0) is 19.5.